The van der Waals surface area contributed by atoms with Crippen LogP contribution in [-0.2, 0) is 14.4 Å². The molecule has 124 valence electrons. The molecule has 0 aliphatic heterocycles. The van der Waals surface area contributed by atoms with E-state index in [9.17, 15) is 10.1 Å². The van der Waals surface area contributed by atoms with E-state index in [2.05, 4.69) is 5.16 Å². The highest BCUT2D eigenvalue weighted by atomic mass is 16.6. The average molecular weight is 316 g/mol. The summed E-state index contributed by atoms with van der Waals surface area (Å²) < 4.78 is 5.28. The van der Waals surface area contributed by atoms with Gasteiger partial charge in [0.2, 0.25) is 0 Å². The molecule has 1 atom stereocenters. The number of carbonyl (C=O) groups is 1. The van der Waals surface area contributed by atoms with E-state index in [4.69, 9.17) is 9.57 Å². The molecular weight excluding hydrogens is 292 g/mol. The number of oxime groups is 1. The molecule has 0 saturated heterocycles. The molecule has 0 bridgehead atoms. The standard InChI is InChI=1S/C18H24N2O3/c1-5-22-20-16(14-9-7-6-8-10-14)12-11-15(13-19)17(21)23-18(2,3)4/h6-10,15H,5,11-12H2,1-4H3. The first kappa shape index (κ1) is 18.7. The average Bonchev–Trinajstić information content (AvgIpc) is 2.50. The fourth-order valence-corrected chi connectivity index (χ4v) is 1.90. The molecule has 0 aliphatic rings. The topological polar surface area (TPSA) is 71.7 Å². The maximum Gasteiger partial charge on any atom is 0.323 e. The van der Waals surface area contributed by atoms with Gasteiger partial charge in [0.15, 0.2) is 0 Å². The van der Waals surface area contributed by atoms with E-state index in [1.54, 1.807) is 20.8 Å². The third-order valence-electron chi connectivity index (χ3n) is 2.93. The van der Waals surface area contributed by atoms with Crippen LogP contribution < -0.4 is 0 Å². The molecule has 0 fully saturated rings. The van der Waals surface area contributed by atoms with E-state index >= 15 is 0 Å². The summed E-state index contributed by atoms with van der Waals surface area (Å²) in [6, 6.07) is 11.6. The van der Waals surface area contributed by atoms with Gasteiger partial charge in [-0.2, -0.15) is 5.26 Å². The van der Waals surface area contributed by atoms with Crippen molar-refractivity contribution >= 4 is 11.7 Å². The fourth-order valence-electron chi connectivity index (χ4n) is 1.90. The van der Waals surface area contributed by atoms with Crippen LogP contribution in [0, 0.1) is 17.2 Å². The van der Waals surface area contributed by atoms with Crippen molar-refractivity contribution in [2.75, 3.05) is 6.61 Å². The van der Waals surface area contributed by atoms with Crippen LogP contribution in [-0.4, -0.2) is 23.9 Å². The van der Waals surface area contributed by atoms with Crippen LogP contribution >= 0.6 is 0 Å². The summed E-state index contributed by atoms with van der Waals surface area (Å²) in [5.41, 5.74) is 1.03. The van der Waals surface area contributed by atoms with Crippen molar-refractivity contribution in [2.24, 2.45) is 11.1 Å². The molecule has 1 aromatic rings. The predicted octanol–water partition coefficient (Wildman–Crippen LogP) is 3.69. The molecular formula is C18H24N2O3. The number of carbonyl (C=O) groups excluding carboxylic acids is 1. The second-order valence-electron chi connectivity index (χ2n) is 6.08. The Balaban J connectivity index is 2.77. The molecule has 23 heavy (non-hydrogen) atoms. The Kier molecular flexibility index (Phi) is 7.27. The predicted molar refractivity (Wildman–Crippen MR) is 88.8 cm³/mol. The molecule has 0 N–H and O–H groups in total. The van der Waals surface area contributed by atoms with Gasteiger partial charge in [-0.25, -0.2) is 0 Å². The first-order chi connectivity index (χ1) is 10.9. The van der Waals surface area contributed by atoms with Gasteiger partial charge in [0.05, 0.1) is 11.8 Å². The lowest BCUT2D eigenvalue weighted by Gasteiger charge is -2.21. The van der Waals surface area contributed by atoms with Gasteiger partial charge >= 0.3 is 5.97 Å². The lowest BCUT2D eigenvalue weighted by molar-refractivity contribution is -0.158. The molecule has 1 aromatic carbocycles. The molecule has 0 aromatic heterocycles. The third-order valence-corrected chi connectivity index (χ3v) is 2.93. The lowest BCUT2D eigenvalue weighted by atomic mass is 9.99. The van der Waals surface area contributed by atoms with Crippen LogP contribution in [0.2, 0.25) is 0 Å². The van der Waals surface area contributed by atoms with Crippen molar-refractivity contribution in [1.29, 1.82) is 5.26 Å². The monoisotopic (exact) mass is 316 g/mol. The minimum atomic E-state index is -0.815. The zero-order valence-corrected chi connectivity index (χ0v) is 14.2. The van der Waals surface area contributed by atoms with Gasteiger partial charge in [0, 0.05) is 0 Å². The maximum atomic E-state index is 12.0. The normalized spacial score (nSPS) is 13.1. The van der Waals surface area contributed by atoms with Crippen molar-refractivity contribution < 1.29 is 14.4 Å². The highest BCUT2D eigenvalue weighted by molar-refractivity contribution is 6.00. The van der Waals surface area contributed by atoms with Gasteiger partial charge in [-0.1, -0.05) is 35.5 Å². The van der Waals surface area contributed by atoms with Gasteiger partial charge in [0.25, 0.3) is 0 Å². The summed E-state index contributed by atoms with van der Waals surface area (Å²) in [6.45, 7) is 7.66. The summed E-state index contributed by atoms with van der Waals surface area (Å²) in [4.78, 5) is 17.2. The highest BCUT2D eigenvalue weighted by Gasteiger charge is 2.25. The minimum Gasteiger partial charge on any atom is -0.459 e. The van der Waals surface area contributed by atoms with Crippen molar-refractivity contribution in [3.8, 4) is 6.07 Å². The highest BCUT2D eigenvalue weighted by Crippen LogP contribution is 2.17. The smallest absolute Gasteiger partial charge is 0.323 e. The van der Waals surface area contributed by atoms with Gasteiger partial charge in [0.1, 0.15) is 18.1 Å². The van der Waals surface area contributed by atoms with Crippen LogP contribution in [0.15, 0.2) is 35.5 Å². The van der Waals surface area contributed by atoms with Gasteiger partial charge in [-0.15, -0.1) is 0 Å². The zero-order chi connectivity index (χ0) is 17.3. The van der Waals surface area contributed by atoms with Crippen LogP contribution in [0.1, 0.15) is 46.1 Å². The van der Waals surface area contributed by atoms with E-state index < -0.39 is 17.5 Å². The summed E-state index contributed by atoms with van der Waals surface area (Å²) in [5, 5.41) is 13.3. The van der Waals surface area contributed by atoms with E-state index in [1.807, 2.05) is 43.3 Å². The molecule has 1 rings (SSSR count). The number of benzene rings is 1. The fraction of sp³-hybridized carbons (Fsp3) is 0.500. The Bertz CT molecular complexity index is 568. The Hall–Kier alpha value is -2.35. The molecule has 5 heteroatoms. The Labute approximate surface area is 137 Å². The number of esters is 1. The summed E-state index contributed by atoms with van der Waals surface area (Å²) >= 11 is 0. The maximum absolute atomic E-state index is 12.0. The van der Waals surface area contributed by atoms with E-state index in [0.717, 1.165) is 11.3 Å². The molecule has 0 heterocycles. The third kappa shape index (κ3) is 6.96. The van der Waals surface area contributed by atoms with Gasteiger partial charge < -0.3 is 9.57 Å². The zero-order valence-electron chi connectivity index (χ0n) is 14.2. The van der Waals surface area contributed by atoms with Gasteiger partial charge in [-0.3, -0.25) is 4.79 Å². The summed E-state index contributed by atoms with van der Waals surface area (Å²) in [7, 11) is 0. The number of nitriles is 1. The van der Waals surface area contributed by atoms with E-state index in [-0.39, 0.29) is 0 Å². The van der Waals surface area contributed by atoms with Gasteiger partial charge in [-0.05, 0) is 46.1 Å². The first-order valence-corrected chi connectivity index (χ1v) is 7.74. The van der Waals surface area contributed by atoms with Crippen LogP contribution in [0.4, 0.5) is 0 Å². The summed E-state index contributed by atoms with van der Waals surface area (Å²) in [5.74, 6) is -1.31. The van der Waals surface area contributed by atoms with Crippen LogP contribution in [0.3, 0.4) is 0 Å². The van der Waals surface area contributed by atoms with Crippen molar-refractivity contribution in [3.05, 3.63) is 35.9 Å². The summed E-state index contributed by atoms with van der Waals surface area (Å²) in [6.07, 6.45) is 0.799. The number of hydrogen-bond donors (Lipinski definition) is 0. The molecule has 5 nitrogen and oxygen atoms in total. The Morgan fingerprint density at radius 3 is 2.48 bits per heavy atom. The second kappa shape index (κ2) is 8.94. The molecule has 0 aliphatic carbocycles. The largest absolute Gasteiger partial charge is 0.459 e. The van der Waals surface area contributed by atoms with Crippen molar-refractivity contribution in [2.45, 2.75) is 46.1 Å². The van der Waals surface area contributed by atoms with E-state index in [0.29, 0.717) is 19.4 Å². The SMILES string of the molecule is CCON=C(CCC(C#N)C(=O)OC(C)(C)C)c1ccccc1. The molecule has 1 unspecified atom stereocenters. The Morgan fingerprint density at radius 1 is 1.30 bits per heavy atom. The molecule has 0 saturated carbocycles. The second-order valence-corrected chi connectivity index (χ2v) is 6.08. The number of ether oxygens (including phenoxy) is 1. The first-order valence-electron chi connectivity index (χ1n) is 7.74. The lowest BCUT2D eigenvalue weighted by Crippen LogP contribution is -2.28. The number of nitrogens with zero attached hydrogens (tertiary/aromatic N) is 2. The quantitative estimate of drug-likeness (QED) is 0.437. The molecule has 0 radical (unpaired) electrons. The van der Waals surface area contributed by atoms with Crippen LogP contribution in [0.5, 0.6) is 0 Å². The minimum absolute atomic E-state index is 0.339. The Morgan fingerprint density at radius 2 is 1.96 bits per heavy atom. The van der Waals surface area contributed by atoms with Crippen LogP contribution in [0.25, 0.3) is 0 Å². The number of rotatable bonds is 7. The van der Waals surface area contributed by atoms with Crippen molar-refractivity contribution in [3.63, 3.8) is 0 Å². The number of hydrogen-bond acceptors (Lipinski definition) is 5. The van der Waals surface area contributed by atoms with E-state index in [1.165, 1.54) is 0 Å². The van der Waals surface area contributed by atoms with Crippen molar-refractivity contribution in [1.82, 2.24) is 0 Å². The molecule has 0 amide bonds. The molecule has 0 spiro atoms.